The number of ether oxygens (including phenoxy) is 2. The summed E-state index contributed by atoms with van der Waals surface area (Å²) in [6.07, 6.45) is 2.39. The molecule has 1 saturated heterocycles. The molecule has 1 heterocycles. The number of aryl methyl sites for hydroxylation is 3. The van der Waals surface area contributed by atoms with E-state index in [4.69, 9.17) is 9.47 Å². The summed E-state index contributed by atoms with van der Waals surface area (Å²) in [7, 11) is 0. The number of benzene rings is 3. The lowest BCUT2D eigenvalue weighted by atomic mass is 10.1. The number of carbonyl (C=O) groups excluding carboxylic acids is 3. The number of hydrogen-bond donors (Lipinski definition) is 1. The zero-order chi connectivity index (χ0) is 25.7. The lowest BCUT2D eigenvalue weighted by Crippen LogP contribution is -2.54. The summed E-state index contributed by atoms with van der Waals surface area (Å²) in [5.41, 5.74) is 4.20. The fraction of sp³-hybridized carbons (Fsp3) is 0.207. The van der Waals surface area contributed by atoms with Crippen molar-refractivity contribution >= 4 is 29.6 Å². The minimum absolute atomic E-state index is 0.137. The Morgan fingerprint density at radius 3 is 2.28 bits per heavy atom. The molecule has 7 heteroatoms. The van der Waals surface area contributed by atoms with Crippen LogP contribution in [0.3, 0.4) is 0 Å². The number of barbiturate groups is 1. The van der Waals surface area contributed by atoms with Gasteiger partial charge in [0.05, 0.1) is 5.69 Å². The van der Waals surface area contributed by atoms with E-state index in [9.17, 15) is 14.4 Å². The standard InChI is InChI=1S/C29H28N2O5/c1-4-21-14-20(3)15-25(16-21)36-13-12-35-24-7-5-6-22(17-24)18-26-27(32)30-29(34)31(28(26)33)23-10-8-19(2)9-11-23/h5-11,14-18H,4,12-13H2,1-3H3,(H,30,32,34)/b26-18+. The summed E-state index contributed by atoms with van der Waals surface area (Å²) in [5, 5.41) is 2.24. The Morgan fingerprint density at radius 1 is 0.833 bits per heavy atom. The molecule has 0 bridgehead atoms. The molecule has 0 aliphatic carbocycles. The molecule has 3 aromatic carbocycles. The van der Waals surface area contributed by atoms with Crippen molar-refractivity contribution in [1.82, 2.24) is 5.32 Å². The fourth-order valence-corrected chi connectivity index (χ4v) is 3.88. The second kappa shape index (κ2) is 10.9. The number of nitrogens with zero attached hydrogens (tertiary/aromatic N) is 1. The van der Waals surface area contributed by atoms with Crippen molar-refractivity contribution in [1.29, 1.82) is 0 Å². The molecule has 1 aliphatic heterocycles. The van der Waals surface area contributed by atoms with Gasteiger partial charge in [-0.25, -0.2) is 9.69 Å². The first-order valence-electron chi connectivity index (χ1n) is 11.8. The van der Waals surface area contributed by atoms with E-state index < -0.39 is 17.8 Å². The maximum atomic E-state index is 13.1. The quantitative estimate of drug-likeness (QED) is 0.277. The molecule has 0 atom stereocenters. The average molecular weight is 485 g/mol. The van der Waals surface area contributed by atoms with Crippen LogP contribution in [0.5, 0.6) is 11.5 Å². The number of carbonyl (C=O) groups is 3. The molecule has 1 fully saturated rings. The lowest BCUT2D eigenvalue weighted by Gasteiger charge is -2.26. The smallest absolute Gasteiger partial charge is 0.335 e. The van der Waals surface area contributed by atoms with Crippen LogP contribution in [0.2, 0.25) is 0 Å². The Morgan fingerprint density at radius 2 is 1.56 bits per heavy atom. The topological polar surface area (TPSA) is 84.9 Å². The number of imide groups is 2. The highest BCUT2D eigenvalue weighted by Gasteiger charge is 2.36. The Hall–Kier alpha value is -4.39. The molecule has 4 rings (SSSR count). The monoisotopic (exact) mass is 484 g/mol. The summed E-state index contributed by atoms with van der Waals surface area (Å²) >= 11 is 0. The maximum absolute atomic E-state index is 13.1. The van der Waals surface area contributed by atoms with Crippen LogP contribution in [-0.2, 0) is 16.0 Å². The Labute approximate surface area is 210 Å². The molecule has 3 aromatic rings. The molecule has 36 heavy (non-hydrogen) atoms. The van der Waals surface area contributed by atoms with Crippen LogP contribution in [0.1, 0.15) is 29.2 Å². The molecular weight excluding hydrogens is 456 g/mol. The number of hydrogen-bond acceptors (Lipinski definition) is 5. The number of nitrogens with one attached hydrogen (secondary N) is 1. The van der Waals surface area contributed by atoms with Gasteiger partial charge < -0.3 is 9.47 Å². The predicted molar refractivity (Wildman–Crippen MR) is 138 cm³/mol. The lowest BCUT2D eigenvalue weighted by molar-refractivity contribution is -0.122. The van der Waals surface area contributed by atoms with Gasteiger partial charge >= 0.3 is 6.03 Å². The summed E-state index contributed by atoms with van der Waals surface area (Å²) in [6.45, 7) is 6.74. The van der Waals surface area contributed by atoms with E-state index in [1.807, 2.05) is 26.0 Å². The van der Waals surface area contributed by atoms with Crippen LogP contribution < -0.4 is 19.7 Å². The minimum Gasteiger partial charge on any atom is -0.490 e. The Kier molecular flexibility index (Phi) is 7.49. The van der Waals surface area contributed by atoms with Gasteiger partial charge in [-0.05, 0) is 79.4 Å². The van der Waals surface area contributed by atoms with Gasteiger partial charge in [0.15, 0.2) is 0 Å². The molecular formula is C29H28N2O5. The van der Waals surface area contributed by atoms with Gasteiger partial charge in [0.2, 0.25) is 0 Å². The van der Waals surface area contributed by atoms with Gasteiger partial charge in [-0.2, -0.15) is 0 Å². The van der Waals surface area contributed by atoms with E-state index in [0.717, 1.165) is 28.2 Å². The zero-order valence-corrected chi connectivity index (χ0v) is 20.5. The molecule has 0 aromatic heterocycles. The van der Waals surface area contributed by atoms with Crippen LogP contribution in [0.15, 0.2) is 72.3 Å². The number of amides is 4. The third-order valence-corrected chi connectivity index (χ3v) is 5.70. The Bertz CT molecular complexity index is 1330. The van der Waals surface area contributed by atoms with Gasteiger partial charge in [-0.1, -0.05) is 42.8 Å². The van der Waals surface area contributed by atoms with Gasteiger partial charge in [0.1, 0.15) is 30.3 Å². The summed E-state index contributed by atoms with van der Waals surface area (Å²) in [4.78, 5) is 38.8. The van der Waals surface area contributed by atoms with Crippen LogP contribution in [0.4, 0.5) is 10.5 Å². The van der Waals surface area contributed by atoms with Crippen LogP contribution in [0, 0.1) is 13.8 Å². The number of urea groups is 1. The van der Waals surface area contributed by atoms with Crippen molar-refractivity contribution < 1.29 is 23.9 Å². The minimum atomic E-state index is -0.775. The van der Waals surface area contributed by atoms with E-state index >= 15 is 0 Å². The third kappa shape index (κ3) is 5.81. The van der Waals surface area contributed by atoms with E-state index in [1.54, 1.807) is 48.5 Å². The maximum Gasteiger partial charge on any atom is 0.335 e. The van der Waals surface area contributed by atoms with Gasteiger partial charge in [-0.15, -0.1) is 0 Å². The zero-order valence-electron chi connectivity index (χ0n) is 20.5. The normalized spacial score (nSPS) is 14.7. The molecule has 0 unspecified atom stereocenters. The van der Waals surface area contributed by atoms with Crippen molar-refractivity contribution in [2.24, 2.45) is 0 Å². The summed E-state index contributed by atoms with van der Waals surface area (Å²) < 4.78 is 11.6. The van der Waals surface area contributed by atoms with Crippen LogP contribution in [0.25, 0.3) is 6.08 Å². The van der Waals surface area contributed by atoms with E-state index in [0.29, 0.717) is 30.2 Å². The van der Waals surface area contributed by atoms with Crippen molar-refractivity contribution in [3.8, 4) is 11.5 Å². The molecule has 1 N–H and O–H groups in total. The highest BCUT2D eigenvalue weighted by atomic mass is 16.5. The van der Waals surface area contributed by atoms with Crippen LogP contribution >= 0.6 is 0 Å². The number of anilines is 1. The predicted octanol–water partition coefficient (Wildman–Crippen LogP) is 4.99. The molecule has 1 aliphatic rings. The molecule has 0 spiro atoms. The van der Waals surface area contributed by atoms with Crippen molar-refractivity contribution in [3.63, 3.8) is 0 Å². The third-order valence-electron chi connectivity index (χ3n) is 5.70. The molecule has 0 saturated carbocycles. The summed E-state index contributed by atoms with van der Waals surface area (Å²) in [5.74, 6) is -0.0420. The molecule has 4 amide bonds. The fourth-order valence-electron chi connectivity index (χ4n) is 3.88. The average Bonchev–Trinajstić information content (AvgIpc) is 2.85. The number of rotatable bonds is 8. The van der Waals surface area contributed by atoms with Crippen LogP contribution in [-0.4, -0.2) is 31.1 Å². The van der Waals surface area contributed by atoms with E-state index in [2.05, 4.69) is 18.3 Å². The van der Waals surface area contributed by atoms with E-state index in [1.165, 1.54) is 11.6 Å². The second-order valence-electron chi connectivity index (χ2n) is 8.57. The van der Waals surface area contributed by atoms with Crippen molar-refractivity contribution in [2.75, 3.05) is 18.1 Å². The Balaban J connectivity index is 1.43. The van der Waals surface area contributed by atoms with Gasteiger partial charge in [0, 0.05) is 0 Å². The SMILES string of the molecule is CCc1cc(C)cc(OCCOc2cccc(/C=C3\C(=O)NC(=O)N(c4ccc(C)cc4)C3=O)c2)c1. The highest BCUT2D eigenvalue weighted by Crippen LogP contribution is 2.23. The van der Waals surface area contributed by atoms with Gasteiger partial charge in [0.25, 0.3) is 11.8 Å². The highest BCUT2D eigenvalue weighted by molar-refractivity contribution is 6.39. The molecule has 7 nitrogen and oxygen atoms in total. The van der Waals surface area contributed by atoms with Gasteiger partial charge in [-0.3, -0.25) is 14.9 Å². The second-order valence-corrected chi connectivity index (χ2v) is 8.57. The van der Waals surface area contributed by atoms with Crippen molar-refractivity contribution in [3.05, 3.63) is 94.6 Å². The molecule has 0 radical (unpaired) electrons. The first-order valence-corrected chi connectivity index (χ1v) is 11.8. The largest absolute Gasteiger partial charge is 0.490 e. The molecule has 184 valence electrons. The van der Waals surface area contributed by atoms with Crippen molar-refractivity contribution in [2.45, 2.75) is 27.2 Å². The first kappa shape index (κ1) is 24.7. The van der Waals surface area contributed by atoms with E-state index in [-0.39, 0.29) is 5.57 Å². The summed E-state index contributed by atoms with van der Waals surface area (Å²) in [6, 6.07) is 19.3. The first-order chi connectivity index (χ1) is 17.3.